The average molecular weight is 246 g/mol. The number of carbonyl (C=O) groups is 1. The molecule has 1 N–H and O–H groups in total. The average Bonchev–Trinajstić information content (AvgIpc) is 2.84. The number of carbonyl (C=O) groups excluding carboxylic acids is 1. The molecule has 1 unspecified atom stereocenters. The molecule has 1 aromatic carbocycles. The summed E-state index contributed by atoms with van der Waals surface area (Å²) in [7, 11) is 1.90. The number of fused-ring (bicyclic) bond motifs is 1. The molecule has 2 rings (SSSR count). The molecule has 0 bridgehead atoms. The molecule has 0 aliphatic carbocycles. The molecule has 0 spiro atoms. The maximum Gasteiger partial charge on any atom is 0.253 e. The standard InChI is InChI=1S/C15H22N2O/c1-4-5-11(2)17(3)15(18)12-6-7-13-9-16-10-14(13)8-12/h6-8,11,16H,4-5,9-10H2,1-3H3. The maximum absolute atomic E-state index is 12.4. The van der Waals surface area contributed by atoms with Crippen LogP contribution in [0.15, 0.2) is 18.2 Å². The minimum absolute atomic E-state index is 0.130. The lowest BCUT2D eigenvalue weighted by molar-refractivity contribution is 0.0736. The Morgan fingerprint density at radius 1 is 1.39 bits per heavy atom. The molecule has 1 amide bonds. The van der Waals surface area contributed by atoms with Crippen LogP contribution in [0.1, 0.15) is 48.2 Å². The third-order valence-electron chi connectivity index (χ3n) is 3.77. The summed E-state index contributed by atoms with van der Waals surface area (Å²) in [4.78, 5) is 14.2. The molecule has 3 nitrogen and oxygen atoms in total. The first-order valence-corrected chi connectivity index (χ1v) is 6.73. The summed E-state index contributed by atoms with van der Waals surface area (Å²) in [6.45, 7) is 6.06. The monoisotopic (exact) mass is 246 g/mol. The van der Waals surface area contributed by atoms with Gasteiger partial charge in [-0.2, -0.15) is 0 Å². The van der Waals surface area contributed by atoms with E-state index in [1.807, 2.05) is 24.1 Å². The molecule has 1 aliphatic rings. The van der Waals surface area contributed by atoms with Crippen LogP contribution in [0.2, 0.25) is 0 Å². The summed E-state index contributed by atoms with van der Waals surface area (Å²) in [6.07, 6.45) is 2.15. The van der Waals surface area contributed by atoms with E-state index < -0.39 is 0 Å². The van der Waals surface area contributed by atoms with E-state index in [1.165, 1.54) is 11.1 Å². The fourth-order valence-electron chi connectivity index (χ4n) is 2.44. The van der Waals surface area contributed by atoms with Crippen LogP contribution in [-0.4, -0.2) is 23.9 Å². The van der Waals surface area contributed by atoms with Crippen molar-refractivity contribution in [3.8, 4) is 0 Å². The van der Waals surface area contributed by atoms with Gasteiger partial charge in [0.15, 0.2) is 0 Å². The van der Waals surface area contributed by atoms with Crippen LogP contribution in [0.3, 0.4) is 0 Å². The zero-order valence-electron chi connectivity index (χ0n) is 11.5. The van der Waals surface area contributed by atoms with Crippen molar-refractivity contribution in [1.29, 1.82) is 0 Å². The lowest BCUT2D eigenvalue weighted by Crippen LogP contribution is -2.35. The Hall–Kier alpha value is -1.35. The Kier molecular flexibility index (Phi) is 4.02. The van der Waals surface area contributed by atoms with Gasteiger partial charge in [0.05, 0.1) is 0 Å². The third-order valence-corrected chi connectivity index (χ3v) is 3.77. The normalized spacial score (nSPS) is 15.3. The van der Waals surface area contributed by atoms with Gasteiger partial charge < -0.3 is 10.2 Å². The number of rotatable bonds is 4. The van der Waals surface area contributed by atoms with Crippen LogP contribution in [0.4, 0.5) is 0 Å². The van der Waals surface area contributed by atoms with Gasteiger partial charge in [0.1, 0.15) is 0 Å². The first-order valence-electron chi connectivity index (χ1n) is 6.73. The van der Waals surface area contributed by atoms with E-state index in [4.69, 9.17) is 0 Å². The SMILES string of the molecule is CCCC(C)N(C)C(=O)c1ccc2c(c1)CNC2. The molecule has 0 radical (unpaired) electrons. The quantitative estimate of drug-likeness (QED) is 0.885. The Morgan fingerprint density at radius 2 is 2.11 bits per heavy atom. The second-order valence-corrected chi connectivity index (χ2v) is 5.14. The lowest BCUT2D eigenvalue weighted by Gasteiger charge is -2.25. The molecule has 1 aliphatic heterocycles. The van der Waals surface area contributed by atoms with E-state index in [2.05, 4.69) is 25.2 Å². The number of benzene rings is 1. The first kappa shape index (κ1) is 13.1. The van der Waals surface area contributed by atoms with Gasteiger partial charge in [-0.05, 0) is 36.6 Å². The summed E-state index contributed by atoms with van der Waals surface area (Å²) < 4.78 is 0. The van der Waals surface area contributed by atoms with Gasteiger partial charge in [0.25, 0.3) is 5.91 Å². The molecule has 1 heterocycles. The maximum atomic E-state index is 12.4. The van der Waals surface area contributed by atoms with Gasteiger partial charge >= 0.3 is 0 Å². The zero-order valence-corrected chi connectivity index (χ0v) is 11.5. The highest BCUT2D eigenvalue weighted by atomic mass is 16.2. The van der Waals surface area contributed by atoms with Crippen LogP contribution < -0.4 is 5.32 Å². The zero-order chi connectivity index (χ0) is 13.1. The van der Waals surface area contributed by atoms with E-state index >= 15 is 0 Å². The highest BCUT2D eigenvalue weighted by molar-refractivity contribution is 5.94. The summed E-state index contributed by atoms with van der Waals surface area (Å²) in [5, 5.41) is 3.30. The highest BCUT2D eigenvalue weighted by Crippen LogP contribution is 2.18. The Bertz CT molecular complexity index is 442. The molecule has 3 heteroatoms. The number of nitrogens with zero attached hydrogens (tertiary/aromatic N) is 1. The molecule has 0 aromatic heterocycles. The third kappa shape index (κ3) is 2.56. The number of amides is 1. The first-order chi connectivity index (χ1) is 8.63. The molecule has 0 saturated carbocycles. The molecule has 0 saturated heterocycles. The van der Waals surface area contributed by atoms with Gasteiger partial charge in [0.2, 0.25) is 0 Å². The van der Waals surface area contributed by atoms with Crippen molar-refractivity contribution >= 4 is 5.91 Å². The van der Waals surface area contributed by atoms with Gasteiger partial charge in [-0.25, -0.2) is 0 Å². The van der Waals surface area contributed by atoms with Crippen molar-refractivity contribution in [1.82, 2.24) is 10.2 Å². The molecule has 98 valence electrons. The van der Waals surface area contributed by atoms with Crippen LogP contribution in [0, 0.1) is 0 Å². The second kappa shape index (κ2) is 5.53. The van der Waals surface area contributed by atoms with Crippen LogP contribution in [-0.2, 0) is 13.1 Å². The predicted octanol–water partition coefficient (Wildman–Crippen LogP) is 2.55. The summed E-state index contributed by atoms with van der Waals surface area (Å²) >= 11 is 0. The van der Waals surface area contributed by atoms with Crippen LogP contribution in [0.25, 0.3) is 0 Å². The number of hydrogen-bond acceptors (Lipinski definition) is 2. The minimum atomic E-state index is 0.130. The van der Waals surface area contributed by atoms with E-state index in [0.29, 0.717) is 6.04 Å². The molecule has 0 fully saturated rings. The lowest BCUT2D eigenvalue weighted by atomic mass is 10.0. The van der Waals surface area contributed by atoms with Crippen molar-refractivity contribution in [2.75, 3.05) is 7.05 Å². The highest BCUT2D eigenvalue weighted by Gasteiger charge is 2.19. The molecular weight excluding hydrogens is 224 g/mol. The second-order valence-electron chi connectivity index (χ2n) is 5.14. The Labute approximate surface area is 109 Å². The van der Waals surface area contributed by atoms with Crippen molar-refractivity contribution in [2.45, 2.75) is 45.8 Å². The van der Waals surface area contributed by atoms with Crippen LogP contribution in [0.5, 0.6) is 0 Å². The van der Waals surface area contributed by atoms with E-state index in [1.54, 1.807) is 0 Å². The van der Waals surface area contributed by atoms with E-state index in [-0.39, 0.29) is 5.91 Å². The summed E-state index contributed by atoms with van der Waals surface area (Å²) in [5.74, 6) is 0.130. The largest absolute Gasteiger partial charge is 0.339 e. The van der Waals surface area contributed by atoms with Crippen molar-refractivity contribution in [2.24, 2.45) is 0 Å². The van der Waals surface area contributed by atoms with Gasteiger partial charge in [-0.1, -0.05) is 19.4 Å². The topological polar surface area (TPSA) is 32.3 Å². The fraction of sp³-hybridized carbons (Fsp3) is 0.533. The smallest absolute Gasteiger partial charge is 0.253 e. The molecule has 1 aromatic rings. The van der Waals surface area contributed by atoms with Gasteiger partial charge in [-0.3, -0.25) is 4.79 Å². The Morgan fingerprint density at radius 3 is 2.83 bits per heavy atom. The predicted molar refractivity (Wildman–Crippen MR) is 73.4 cm³/mol. The summed E-state index contributed by atoms with van der Waals surface area (Å²) in [6, 6.07) is 6.35. The van der Waals surface area contributed by atoms with Crippen LogP contribution >= 0.6 is 0 Å². The van der Waals surface area contributed by atoms with Gasteiger partial charge in [0, 0.05) is 31.7 Å². The molecular formula is C15H22N2O. The minimum Gasteiger partial charge on any atom is -0.339 e. The van der Waals surface area contributed by atoms with Gasteiger partial charge in [-0.15, -0.1) is 0 Å². The van der Waals surface area contributed by atoms with E-state index in [0.717, 1.165) is 31.5 Å². The van der Waals surface area contributed by atoms with Crippen molar-refractivity contribution in [3.05, 3.63) is 34.9 Å². The number of hydrogen-bond donors (Lipinski definition) is 1. The Balaban J connectivity index is 2.13. The van der Waals surface area contributed by atoms with Crippen molar-refractivity contribution < 1.29 is 4.79 Å². The van der Waals surface area contributed by atoms with E-state index in [9.17, 15) is 4.79 Å². The molecule has 1 atom stereocenters. The fourth-order valence-corrected chi connectivity index (χ4v) is 2.44. The van der Waals surface area contributed by atoms with Crippen molar-refractivity contribution in [3.63, 3.8) is 0 Å². The number of nitrogens with one attached hydrogen (secondary N) is 1. The summed E-state index contributed by atoms with van der Waals surface area (Å²) in [5.41, 5.74) is 3.39. The molecule has 18 heavy (non-hydrogen) atoms.